The van der Waals surface area contributed by atoms with Crippen molar-refractivity contribution in [3.05, 3.63) is 45.9 Å². The number of benzene rings is 1. The molecule has 3 N–H and O–H groups in total. The smallest absolute Gasteiger partial charge is 0.291 e. The lowest BCUT2D eigenvalue weighted by Gasteiger charge is -2.08. The number of amides is 1. The summed E-state index contributed by atoms with van der Waals surface area (Å²) in [5.74, 6) is 5.39. The molecule has 2 rings (SSSR count). The molecule has 110 valence electrons. The molecule has 7 nitrogen and oxygen atoms in total. The van der Waals surface area contributed by atoms with Gasteiger partial charge in [0.15, 0.2) is 0 Å². The van der Waals surface area contributed by atoms with E-state index >= 15 is 0 Å². The monoisotopic (exact) mass is 305 g/mol. The van der Waals surface area contributed by atoms with Gasteiger partial charge >= 0.3 is 0 Å². The molecule has 1 aromatic heterocycles. The predicted octanol–water partition coefficient (Wildman–Crippen LogP) is 0.700. The maximum atomic E-state index is 11.9. The van der Waals surface area contributed by atoms with Gasteiger partial charge in [0.2, 0.25) is 11.1 Å². The molecule has 21 heavy (non-hydrogen) atoms. The Morgan fingerprint density at radius 2 is 2.14 bits per heavy atom. The maximum absolute atomic E-state index is 11.9. The Morgan fingerprint density at radius 1 is 1.38 bits per heavy atom. The number of nitrogens with two attached hydrogens (primary N) is 1. The van der Waals surface area contributed by atoms with Crippen molar-refractivity contribution in [1.29, 1.82) is 0 Å². The van der Waals surface area contributed by atoms with Gasteiger partial charge in [-0.25, -0.2) is 0 Å². The van der Waals surface area contributed by atoms with Crippen molar-refractivity contribution in [2.75, 3.05) is 16.9 Å². The molecule has 1 aromatic carbocycles. The number of hydrogen-bond donors (Lipinski definition) is 2. The van der Waals surface area contributed by atoms with Crippen LogP contribution in [0.2, 0.25) is 0 Å². The van der Waals surface area contributed by atoms with Gasteiger partial charge in [-0.3, -0.25) is 9.59 Å². The zero-order valence-corrected chi connectivity index (χ0v) is 12.5. The van der Waals surface area contributed by atoms with Crippen LogP contribution in [0.5, 0.6) is 0 Å². The Kier molecular flexibility index (Phi) is 4.59. The summed E-state index contributed by atoms with van der Waals surface area (Å²) >= 11 is 1.05. The van der Waals surface area contributed by atoms with Crippen molar-refractivity contribution in [1.82, 2.24) is 14.9 Å². The van der Waals surface area contributed by atoms with Gasteiger partial charge < -0.3 is 11.2 Å². The summed E-state index contributed by atoms with van der Waals surface area (Å²) in [7, 11) is 0. The van der Waals surface area contributed by atoms with Crippen LogP contribution >= 0.6 is 11.8 Å². The number of nitrogen functional groups attached to an aromatic ring is 1. The first-order valence-electron chi connectivity index (χ1n) is 6.17. The summed E-state index contributed by atoms with van der Waals surface area (Å²) in [6.45, 7) is 3.98. The van der Waals surface area contributed by atoms with E-state index in [1.54, 1.807) is 0 Å². The summed E-state index contributed by atoms with van der Waals surface area (Å²) in [4.78, 5) is 23.1. The molecule has 0 atom stereocenters. The highest BCUT2D eigenvalue weighted by Crippen LogP contribution is 2.16. The molecule has 0 saturated carbocycles. The number of hydrogen-bond acceptors (Lipinski definition) is 6. The van der Waals surface area contributed by atoms with Crippen molar-refractivity contribution in [2.45, 2.75) is 19.0 Å². The van der Waals surface area contributed by atoms with E-state index in [1.165, 1.54) is 0 Å². The first-order chi connectivity index (χ1) is 9.97. The van der Waals surface area contributed by atoms with Crippen molar-refractivity contribution >= 4 is 23.4 Å². The van der Waals surface area contributed by atoms with Crippen LogP contribution in [0.3, 0.4) is 0 Å². The zero-order chi connectivity index (χ0) is 15.4. The van der Waals surface area contributed by atoms with Crippen molar-refractivity contribution in [3.63, 3.8) is 0 Å². The molecule has 8 heteroatoms. The van der Waals surface area contributed by atoms with E-state index in [4.69, 9.17) is 5.84 Å². The molecule has 0 aliphatic rings. The van der Waals surface area contributed by atoms with Gasteiger partial charge in [-0.1, -0.05) is 17.8 Å². The minimum Gasteiger partial charge on any atom is -0.334 e. The van der Waals surface area contributed by atoms with Crippen LogP contribution in [0.1, 0.15) is 11.1 Å². The second-order valence-electron chi connectivity index (χ2n) is 4.47. The number of rotatable bonds is 4. The molecule has 0 spiro atoms. The van der Waals surface area contributed by atoms with Crippen LogP contribution in [0.15, 0.2) is 34.3 Å². The average Bonchev–Trinajstić information content (AvgIpc) is 2.44. The van der Waals surface area contributed by atoms with E-state index in [2.05, 4.69) is 15.5 Å². The number of carbonyl (C=O) groups excluding carboxylic acids is 1. The second-order valence-corrected chi connectivity index (χ2v) is 5.41. The number of aryl methyl sites for hydroxylation is 2. The summed E-state index contributed by atoms with van der Waals surface area (Å²) < 4.78 is 0.862. The Labute approximate surface area is 125 Å². The summed E-state index contributed by atoms with van der Waals surface area (Å²) in [6, 6.07) is 5.68. The summed E-state index contributed by atoms with van der Waals surface area (Å²) in [5, 5.41) is 10.2. The largest absolute Gasteiger partial charge is 0.334 e. The topological polar surface area (TPSA) is 103 Å². The standard InChI is InChI=1S/C13H15N5O2S/c1-8-3-4-10(5-9(8)2)16-11(19)7-21-13-17-15-6-12(20)18(13)14/h3-6H,7,14H2,1-2H3,(H,16,19). The van der Waals surface area contributed by atoms with Crippen LogP contribution in [0.25, 0.3) is 0 Å². The highest BCUT2D eigenvalue weighted by atomic mass is 32.2. The highest BCUT2D eigenvalue weighted by Gasteiger charge is 2.08. The first-order valence-corrected chi connectivity index (χ1v) is 7.15. The van der Waals surface area contributed by atoms with Crippen LogP contribution < -0.4 is 16.7 Å². The Hall–Kier alpha value is -2.35. The molecule has 0 aliphatic carbocycles. The molecule has 1 heterocycles. The van der Waals surface area contributed by atoms with E-state index in [9.17, 15) is 9.59 Å². The van der Waals surface area contributed by atoms with E-state index < -0.39 is 5.56 Å². The second kappa shape index (κ2) is 6.40. The lowest BCUT2D eigenvalue weighted by molar-refractivity contribution is -0.113. The number of nitrogens with zero attached hydrogens (tertiary/aromatic N) is 3. The fraction of sp³-hybridized carbons (Fsp3) is 0.231. The average molecular weight is 305 g/mol. The molecule has 1 amide bonds. The van der Waals surface area contributed by atoms with Gasteiger partial charge in [0.25, 0.3) is 5.56 Å². The lowest BCUT2D eigenvalue weighted by atomic mass is 10.1. The third-order valence-electron chi connectivity index (χ3n) is 2.88. The fourth-order valence-electron chi connectivity index (χ4n) is 1.58. The van der Waals surface area contributed by atoms with E-state index in [1.807, 2.05) is 32.0 Å². The predicted molar refractivity (Wildman–Crippen MR) is 81.7 cm³/mol. The number of anilines is 1. The van der Waals surface area contributed by atoms with Crippen LogP contribution in [0.4, 0.5) is 5.69 Å². The molecular weight excluding hydrogens is 290 g/mol. The Morgan fingerprint density at radius 3 is 2.86 bits per heavy atom. The maximum Gasteiger partial charge on any atom is 0.291 e. The first kappa shape index (κ1) is 15.0. The van der Waals surface area contributed by atoms with Crippen molar-refractivity contribution in [2.24, 2.45) is 0 Å². The third-order valence-corrected chi connectivity index (χ3v) is 3.82. The van der Waals surface area contributed by atoms with Crippen molar-refractivity contribution in [3.8, 4) is 0 Å². The molecular formula is C13H15N5O2S. The molecule has 0 unspecified atom stereocenters. The SMILES string of the molecule is Cc1ccc(NC(=O)CSc2nncc(=O)n2N)cc1C. The molecule has 0 bridgehead atoms. The van der Waals surface area contributed by atoms with Crippen molar-refractivity contribution < 1.29 is 4.79 Å². The van der Waals surface area contributed by atoms with Gasteiger partial charge in [-0.2, -0.15) is 9.77 Å². The van der Waals surface area contributed by atoms with Gasteiger partial charge in [0.05, 0.1) is 5.75 Å². The molecule has 0 radical (unpaired) electrons. The lowest BCUT2D eigenvalue weighted by Crippen LogP contribution is -2.30. The molecule has 0 aliphatic heterocycles. The number of carbonyl (C=O) groups is 1. The number of thioether (sulfide) groups is 1. The van der Waals surface area contributed by atoms with E-state index in [-0.39, 0.29) is 16.8 Å². The van der Waals surface area contributed by atoms with Gasteiger partial charge in [-0.15, -0.1) is 5.10 Å². The van der Waals surface area contributed by atoms with Gasteiger partial charge in [-0.05, 0) is 37.1 Å². The fourth-order valence-corrected chi connectivity index (χ4v) is 2.24. The van der Waals surface area contributed by atoms with Crippen LogP contribution in [-0.4, -0.2) is 26.5 Å². The number of nitrogens with one attached hydrogen (secondary N) is 1. The Balaban J connectivity index is 1.97. The highest BCUT2D eigenvalue weighted by molar-refractivity contribution is 7.99. The summed E-state index contributed by atoms with van der Waals surface area (Å²) in [5.41, 5.74) is 2.52. The van der Waals surface area contributed by atoms with Crippen LogP contribution in [0, 0.1) is 13.8 Å². The van der Waals surface area contributed by atoms with Crippen LogP contribution in [-0.2, 0) is 4.79 Å². The molecule has 2 aromatic rings. The van der Waals surface area contributed by atoms with E-state index in [0.717, 1.165) is 39.4 Å². The minimum atomic E-state index is -0.470. The molecule has 0 saturated heterocycles. The third kappa shape index (κ3) is 3.82. The van der Waals surface area contributed by atoms with Gasteiger partial charge in [0, 0.05) is 5.69 Å². The summed E-state index contributed by atoms with van der Waals surface area (Å²) in [6.07, 6.45) is 1.01. The minimum absolute atomic E-state index is 0.0856. The normalized spacial score (nSPS) is 10.4. The Bertz CT molecular complexity index is 729. The zero-order valence-electron chi connectivity index (χ0n) is 11.7. The van der Waals surface area contributed by atoms with E-state index in [0.29, 0.717) is 0 Å². The van der Waals surface area contributed by atoms with Gasteiger partial charge in [0.1, 0.15) is 6.20 Å². The number of aromatic nitrogens is 3. The molecule has 0 fully saturated rings. The quantitative estimate of drug-likeness (QED) is 0.636.